The summed E-state index contributed by atoms with van der Waals surface area (Å²) in [6.45, 7) is 4.64. The Balaban J connectivity index is 2.80. The number of carbonyl (C=O) groups excluding carboxylic acids is 1. The van der Waals surface area contributed by atoms with Gasteiger partial charge in [0.05, 0.1) is 11.1 Å². The predicted molar refractivity (Wildman–Crippen MR) is 80.6 cm³/mol. The van der Waals surface area contributed by atoms with Crippen LogP contribution < -0.4 is 5.32 Å². The van der Waals surface area contributed by atoms with Gasteiger partial charge in [-0.05, 0) is 25.1 Å². The van der Waals surface area contributed by atoms with Gasteiger partial charge in [0.15, 0.2) is 0 Å². The van der Waals surface area contributed by atoms with Gasteiger partial charge in [-0.2, -0.15) is 0 Å². The number of carbonyl (C=O) groups is 3. The van der Waals surface area contributed by atoms with Crippen LogP contribution in [0.25, 0.3) is 0 Å². The van der Waals surface area contributed by atoms with Crippen LogP contribution in [0.3, 0.4) is 0 Å². The summed E-state index contributed by atoms with van der Waals surface area (Å²) >= 11 is 0. The lowest BCUT2D eigenvalue weighted by Crippen LogP contribution is -2.34. The molecule has 0 heterocycles. The number of hydrogen-bond donors (Lipinski definition) is 4. The smallest absolute Gasteiger partial charge is 0.335 e. The number of aromatic carboxylic acids is 2. The van der Waals surface area contributed by atoms with E-state index in [1.165, 1.54) is 19.1 Å². The van der Waals surface area contributed by atoms with Crippen LogP contribution in [0.4, 0.5) is 5.69 Å². The van der Waals surface area contributed by atoms with Crippen LogP contribution in [0.5, 0.6) is 0 Å². The fourth-order valence-corrected chi connectivity index (χ4v) is 1.67. The number of esters is 1. The maximum atomic E-state index is 11.0. The highest BCUT2D eigenvalue weighted by molar-refractivity contribution is 5.95. The normalized spacial score (nSPS) is 12.8. The van der Waals surface area contributed by atoms with Gasteiger partial charge in [0.25, 0.3) is 0 Å². The Labute approximate surface area is 132 Å². The van der Waals surface area contributed by atoms with Crippen molar-refractivity contribution < 1.29 is 34.4 Å². The number of ether oxygens (including phenoxy) is 1. The molecule has 0 amide bonds. The van der Waals surface area contributed by atoms with E-state index in [4.69, 9.17) is 14.9 Å². The van der Waals surface area contributed by atoms with E-state index in [1.54, 1.807) is 0 Å². The van der Waals surface area contributed by atoms with E-state index in [1.807, 2.05) is 0 Å². The molecule has 0 aliphatic heterocycles. The number of aliphatic hydroxyl groups excluding tert-OH is 1. The van der Waals surface area contributed by atoms with Crippen LogP contribution in [0.2, 0.25) is 0 Å². The average molecular weight is 323 g/mol. The standard InChI is InChI=1S/C15H17NO7/c1-3-13(18)23-8(2)12(17)7-16-11-5-9(14(19)20)4-10(6-11)15(21)22/h3-6,8,12,16-17H,1,7H2,2H3,(H,19,20)(H,21,22). The Bertz CT molecular complexity index is 594. The van der Waals surface area contributed by atoms with Crippen LogP contribution in [-0.2, 0) is 9.53 Å². The molecule has 2 atom stereocenters. The lowest BCUT2D eigenvalue weighted by atomic mass is 10.1. The third kappa shape index (κ3) is 5.44. The average Bonchev–Trinajstić information content (AvgIpc) is 2.51. The molecule has 0 aliphatic rings. The minimum absolute atomic E-state index is 0.0757. The highest BCUT2D eigenvalue weighted by Gasteiger charge is 2.18. The van der Waals surface area contributed by atoms with E-state index in [0.717, 1.165) is 12.1 Å². The van der Waals surface area contributed by atoms with Crippen LogP contribution in [0, 0.1) is 0 Å². The summed E-state index contributed by atoms with van der Waals surface area (Å²) < 4.78 is 4.84. The zero-order valence-corrected chi connectivity index (χ0v) is 12.4. The number of carboxylic acid groups (broad SMARTS) is 2. The van der Waals surface area contributed by atoms with Gasteiger partial charge in [-0.25, -0.2) is 14.4 Å². The van der Waals surface area contributed by atoms with E-state index in [-0.39, 0.29) is 23.4 Å². The minimum Gasteiger partial charge on any atom is -0.478 e. The highest BCUT2D eigenvalue weighted by atomic mass is 16.6. The van der Waals surface area contributed by atoms with Crippen molar-refractivity contribution in [2.24, 2.45) is 0 Å². The highest BCUT2D eigenvalue weighted by Crippen LogP contribution is 2.16. The third-order valence-electron chi connectivity index (χ3n) is 2.95. The van der Waals surface area contributed by atoms with Crippen molar-refractivity contribution in [3.8, 4) is 0 Å². The summed E-state index contributed by atoms with van der Waals surface area (Å²) in [7, 11) is 0. The first-order chi connectivity index (χ1) is 10.7. The van der Waals surface area contributed by atoms with Crippen molar-refractivity contribution in [2.45, 2.75) is 19.1 Å². The fraction of sp³-hybridized carbons (Fsp3) is 0.267. The number of carboxylic acids is 2. The van der Waals surface area contributed by atoms with Gasteiger partial charge in [0.2, 0.25) is 0 Å². The molecule has 0 spiro atoms. The molecule has 0 saturated carbocycles. The molecule has 1 rings (SSSR count). The molecule has 0 radical (unpaired) electrons. The van der Waals surface area contributed by atoms with E-state index in [2.05, 4.69) is 11.9 Å². The summed E-state index contributed by atoms with van der Waals surface area (Å²) in [4.78, 5) is 33.0. The summed E-state index contributed by atoms with van der Waals surface area (Å²) in [6.07, 6.45) is -0.943. The summed E-state index contributed by atoms with van der Waals surface area (Å²) in [5.41, 5.74) is -0.190. The zero-order chi connectivity index (χ0) is 17.6. The Morgan fingerprint density at radius 3 is 2.17 bits per heavy atom. The number of anilines is 1. The Morgan fingerprint density at radius 1 is 1.22 bits per heavy atom. The SMILES string of the molecule is C=CC(=O)OC(C)C(O)CNc1cc(C(=O)O)cc(C(=O)O)c1. The second-order valence-corrected chi connectivity index (χ2v) is 4.70. The molecule has 8 heteroatoms. The van der Waals surface area contributed by atoms with Crippen molar-refractivity contribution in [1.82, 2.24) is 0 Å². The maximum Gasteiger partial charge on any atom is 0.335 e. The fourth-order valence-electron chi connectivity index (χ4n) is 1.67. The van der Waals surface area contributed by atoms with Crippen molar-refractivity contribution in [3.63, 3.8) is 0 Å². The first-order valence-corrected chi connectivity index (χ1v) is 6.61. The van der Waals surface area contributed by atoms with Gasteiger partial charge >= 0.3 is 17.9 Å². The topological polar surface area (TPSA) is 133 Å². The number of benzene rings is 1. The van der Waals surface area contributed by atoms with Crippen molar-refractivity contribution >= 4 is 23.6 Å². The molecule has 0 aliphatic carbocycles. The second kappa shape index (κ2) is 7.95. The maximum absolute atomic E-state index is 11.0. The molecule has 0 bridgehead atoms. The molecular weight excluding hydrogens is 306 g/mol. The Kier molecular flexibility index (Phi) is 6.28. The third-order valence-corrected chi connectivity index (χ3v) is 2.95. The lowest BCUT2D eigenvalue weighted by molar-refractivity contribution is -0.147. The molecule has 124 valence electrons. The van der Waals surface area contributed by atoms with E-state index < -0.39 is 30.1 Å². The monoisotopic (exact) mass is 323 g/mol. The number of hydrogen-bond acceptors (Lipinski definition) is 6. The summed E-state index contributed by atoms with van der Waals surface area (Å²) in [5.74, 6) is -3.23. The molecule has 2 unspecified atom stereocenters. The molecule has 8 nitrogen and oxygen atoms in total. The van der Waals surface area contributed by atoms with E-state index in [9.17, 15) is 19.5 Å². The number of aliphatic hydroxyl groups is 1. The molecule has 0 fully saturated rings. The predicted octanol–water partition coefficient (Wildman–Crippen LogP) is 0.973. The summed E-state index contributed by atoms with van der Waals surface area (Å²) in [5, 5.41) is 30.5. The summed E-state index contributed by atoms with van der Waals surface area (Å²) in [6, 6.07) is 3.50. The van der Waals surface area contributed by atoms with Gasteiger partial charge in [-0.1, -0.05) is 6.58 Å². The Hall–Kier alpha value is -2.87. The molecule has 0 aromatic heterocycles. The molecule has 23 heavy (non-hydrogen) atoms. The van der Waals surface area contributed by atoms with Crippen molar-refractivity contribution in [1.29, 1.82) is 0 Å². The number of nitrogens with one attached hydrogen (secondary N) is 1. The molecular formula is C15H17NO7. The van der Waals surface area contributed by atoms with Gasteiger partial charge in [0, 0.05) is 18.3 Å². The number of rotatable bonds is 8. The molecule has 4 N–H and O–H groups in total. The zero-order valence-electron chi connectivity index (χ0n) is 12.4. The minimum atomic E-state index is -1.27. The van der Waals surface area contributed by atoms with Gasteiger partial charge < -0.3 is 25.4 Å². The molecule has 1 aromatic rings. The first-order valence-electron chi connectivity index (χ1n) is 6.61. The van der Waals surface area contributed by atoms with Crippen LogP contribution in [0.1, 0.15) is 27.6 Å². The van der Waals surface area contributed by atoms with Gasteiger partial charge in [0.1, 0.15) is 12.2 Å². The van der Waals surface area contributed by atoms with E-state index in [0.29, 0.717) is 0 Å². The van der Waals surface area contributed by atoms with Gasteiger partial charge in [-0.3, -0.25) is 0 Å². The lowest BCUT2D eigenvalue weighted by Gasteiger charge is -2.19. The van der Waals surface area contributed by atoms with Crippen LogP contribution in [-0.4, -0.2) is 52.0 Å². The van der Waals surface area contributed by atoms with Crippen LogP contribution >= 0.6 is 0 Å². The van der Waals surface area contributed by atoms with Gasteiger partial charge in [-0.15, -0.1) is 0 Å². The second-order valence-electron chi connectivity index (χ2n) is 4.70. The first kappa shape index (κ1) is 18.2. The van der Waals surface area contributed by atoms with E-state index >= 15 is 0 Å². The van der Waals surface area contributed by atoms with Crippen LogP contribution in [0.15, 0.2) is 30.9 Å². The molecule has 0 saturated heterocycles. The largest absolute Gasteiger partial charge is 0.478 e. The van der Waals surface area contributed by atoms with Crippen molar-refractivity contribution in [3.05, 3.63) is 42.0 Å². The van der Waals surface area contributed by atoms with Crippen molar-refractivity contribution in [2.75, 3.05) is 11.9 Å². The Morgan fingerprint density at radius 2 is 1.74 bits per heavy atom. The molecule has 1 aromatic carbocycles. The quantitative estimate of drug-likeness (QED) is 0.411.